The first-order valence-corrected chi connectivity index (χ1v) is 6.73. The first kappa shape index (κ1) is 13.1. The first-order valence-electron chi connectivity index (χ1n) is 5.36. The van der Waals surface area contributed by atoms with E-state index in [4.69, 9.17) is 11.6 Å². The summed E-state index contributed by atoms with van der Waals surface area (Å²) in [6.07, 6.45) is 0. The van der Waals surface area contributed by atoms with E-state index in [2.05, 4.69) is 0 Å². The Morgan fingerprint density at radius 1 is 1.28 bits per heavy atom. The van der Waals surface area contributed by atoms with E-state index in [0.717, 1.165) is 10.5 Å². The molecule has 0 fully saturated rings. The zero-order valence-electron chi connectivity index (χ0n) is 9.76. The van der Waals surface area contributed by atoms with Gasteiger partial charge in [0, 0.05) is 21.7 Å². The van der Waals surface area contributed by atoms with Gasteiger partial charge in [-0.05, 0) is 42.8 Å². The average molecular weight is 282 g/mol. The minimum absolute atomic E-state index is 0.401. The first-order chi connectivity index (χ1) is 8.56. The predicted octanol–water partition coefficient (Wildman–Crippen LogP) is 3.34. The fourth-order valence-electron chi connectivity index (χ4n) is 1.55. The summed E-state index contributed by atoms with van der Waals surface area (Å²) in [5, 5.41) is 10.3. The van der Waals surface area contributed by atoms with Gasteiger partial charge < -0.3 is 5.21 Å². The highest BCUT2D eigenvalue weighted by Gasteiger charge is 2.04. The fourth-order valence-corrected chi connectivity index (χ4v) is 2.53. The number of aromatic nitrogens is 1. The van der Waals surface area contributed by atoms with Crippen LogP contribution in [0.15, 0.2) is 46.1 Å². The van der Waals surface area contributed by atoms with Crippen molar-refractivity contribution in [1.29, 1.82) is 0 Å². The molecule has 0 atom stereocenters. The van der Waals surface area contributed by atoms with Crippen molar-refractivity contribution in [2.75, 3.05) is 0 Å². The predicted molar refractivity (Wildman–Crippen MR) is 73.6 cm³/mol. The third-order valence-electron chi connectivity index (χ3n) is 2.43. The lowest BCUT2D eigenvalue weighted by molar-refractivity contribution is 0.167. The van der Waals surface area contributed by atoms with Crippen LogP contribution in [0.2, 0.25) is 5.02 Å². The van der Waals surface area contributed by atoms with E-state index in [9.17, 15) is 10.0 Å². The molecule has 5 heteroatoms. The van der Waals surface area contributed by atoms with Gasteiger partial charge in [0.05, 0.1) is 5.69 Å². The van der Waals surface area contributed by atoms with E-state index < -0.39 is 5.56 Å². The highest BCUT2D eigenvalue weighted by molar-refractivity contribution is 7.98. The van der Waals surface area contributed by atoms with Crippen LogP contribution >= 0.6 is 23.4 Å². The summed E-state index contributed by atoms with van der Waals surface area (Å²) in [7, 11) is 0. The molecule has 2 rings (SSSR count). The molecule has 94 valence electrons. The second-order valence-corrected chi connectivity index (χ2v) is 5.40. The van der Waals surface area contributed by atoms with Crippen molar-refractivity contribution in [3.8, 4) is 0 Å². The Labute approximate surface area is 114 Å². The summed E-state index contributed by atoms with van der Waals surface area (Å²) in [6, 6.07) is 10.6. The Kier molecular flexibility index (Phi) is 3.99. The van der Waals surface area contributed by atoms with Gasteiger partial charge in [-0.2, -0.15) is 4.73 Å². The number of hydrogen-bond donors (Lipinski definition) is 1. The monoisotopic (exact) mass is 281 g/mol. The molecule has 1 N–H and O–H groups in total. The van der Waals surface area contributed by atoms with Crippen LogP contribution in [0.5, 0.6) is 0 Å². The van der Waals surface area contributed by atoms with Crippen LogP contribution in [-0.2, 0) is 5.75 Å². The summed E-state index contributed by atoms with van der Waals surface area (Å²) in [4.78, 5) is 12.4. The Bertz CT molecular complexity index is 607. The van der Waals surface area contributed by atoms with Gasteiger partial charge in [0.15, 0.2) is 0 Å². The van der Waals surface area contributed by atoms with Crippen molar-refractivity contribution in [1.82, 2.24) is 4.73 Å². The highest BCUT2D eigenvalue weighted by atomic mass is 35.5. The number of aryl methyl sites for hydroxylation is 1. The maximum atomic E-state index is 11.4. The smallest absolute Gasteiger partial charge is 0.283 e. The maximum absolute atomic E-state index is 11.4. The second-order valence-electron chi connectivity index (χ2n) is 3.92. The number of hydrogen-bond acceptors (Lipinski definition) is 3. The van der Waals surface area contributed by atoms with Crippen LogP contribution in [0.4, 0.5) is 0 Å². The number of nitrogens with zero attached hydrogens (tertiary/aromatic N) is 1. The number of rotatable bonds is 3. The van der Waals surface area contributed by atoms with E-state index in [-0.39, 0.29) is 0 Å². The van der Waals surface area contributed by atoms with E-state index >= 15 is 0 Å². The molecule has 0 amide bonds. The molecule has 0 aliphatic carbocycles. The third-order valence-corrected chi connectivity index (χ3v) is 3.72. The summed E-state index contributed by atoms with van der Waals surface area (Å²) < 4.78 is 0.690. The molecule has 1 aromatic carbocycles. The van der Waals surface area contributed by atoms with E-state index in [1.54, 1.807) is 6.07 Å². The Morgan fingerprint density at radius 2 is 1.94 bits per heavy atom. The largest absolute Gasteiger partial charge is 0.425 e. The molecule has 0 saturated carbocycles. The molecule has 0 bridgehead atoms. The van der Waals surface area contributed by atoms with Crippen LogP contribution < -0.4 is 5.56 Å². The molecule has 0 aliphatic heterocycles. The zero-order valence-corrected chi connectivity index (χ0v) is 11.3. The fraction of sp³-hybridized carbons (Fsp3) is 0.154. The van der Waals surface area contributed by atoms with E-state index in [0.29, 0.717) is 21.2 Å². The Hall–Kier alpha value is -1.39. The van der Waals surface area contributed by atoms with Gasteiger partial charge in [0.1, 0.15) is 0 Å². The molecule has 2 aromatic rings. The van der Waals surface area contributed by atoms with Crippen molar-refractivity contribution in [2.45, 2.75) is 17.6 Å². The Morgan fingerprint density at radius 3 is 2.61 bits per heavy atom. The van der Waals surface area contributed by atoms with Crippen molar-refractivity contribution < 1.29 is 5.21 Å². The number of thioether (sulfide) groups is 1. The van der Waals surface area contributed by atoms with Crippen LogP contribution in [0.3, 0.4) is 0 Å². The normalized spacial score (nSPS) is 10.6. The molecule has 0 unspecified atom stereocenters. The molecule has 18 heavy (non-hydrogen) atoms. The molecule has 0 saturated heterocycles. The van der Waals surface area contributed by atoms with Gasteiger partial charge in [0.2, 0.25) is 0 Å². The van der Waals surface area contributed by atoms with Gasteiger partial charge in [-0.25, -0.2) is 0 Å². The number of benzene rings is 1. The Balaban J connectivity index is 2.15. The third kappa shape index (κ3) is 3.09. The lowest BCUT2D eigenvalue weighted by atomic mass is 10.2. The summed E-state index contributed by atoms with van der Waals surface area (Å²) in [6.45, 7) is 1.83. The second kappa shape index (κ2) is 5.50. The van der Waals surface area contributed by atoms with Gasteiger partial charge in [-0.1, -0.05) is 11.6 Å². The van der Waals surface area contributed by atoms with Gasteiger partial charge in [-0.15, -0.1) is 11.8 Å². The van der Waals surface area contributed by atoms with Gasteiger partial charge in [0.25, 0.3) is 5.56 Å². The van der Waals surface area contributed by atoms with E-state index in [1.165, 1.54) is 17.8 Å². The molecular weight excluding hydrogens is 270 g/mol. The molecular formula is C13H12ClNO2S. The highest BCUT2D eigenvalue weighted by Crippen LogP contribution is 2.23. The SMILES string of the molecule is Cc1cc(CSc2ccc(Cl)cc2)n(O)c(=O)c1. The molecule has 0 radical (unpaired) electrons. The van der Waals surface area contributed by atoms with Crippen molar-refractivity contribution in [2.24, 2.45) is 0 Å². The van der Waals surface area contributed by atoms with Crippen molar-refractivity contribution in [3.05, 3.63) is 63.0 Å². The zero-order chi connectivity index (χ0) is 13.1. The minimum Gasteiger partial charge on any atom is -0.425 e. The van der Waals surface area contributed by atoms with E-state index in [1.807, 2.05) is 31.2 Å². The van der Waals surface area contributed by atoms with Crippen LogP contribution in [0, 0.1) is 6.92 Å². The topological polar surface area (TPSA) is 42.2 Å². The van der Waals surface area contributed by atoms with Crippen LogP contribution in [0.1, 0.15) is 11.3 Å². The van der Waals surface area contributed by atoms with Crippen molar-refractivity contribution in [3.63, 3.8) is 0 Å². The average Bonchev–Trinajstić information content (AvgIpc) is 2.34. The summed E-state index contributed by atoms with van der Waals surface area (Å²) in [5.74, 6) is 0.523. The van der Waals surface area contributed by atoms with Gasteiger partial charge >= 0.3 is 0 Å². The number of halogens is 1. The maximum Gasteiger partial charge on any atom is 0.283 e. The summed E-state index contributed by atoms with van der Waals surface area (Å²) in [5.41, 5.74) is 1.03. The summed E-state index contributed by atoms with van der Waals surface area (Å²) >= 11 is 7.34. The molecule has 1 heterocycles. The molecule has 1 aromatic heterocycles. The lowest BCUT2D eigenvalue weighted by Crippen LogP contribution is -2.20. The standard InChI is InChI=1S/C13H12ClNO2S/c1-9-6-11(15(17)13(16)7-9)8-18-12-4-2-10(14)3-5-12/h2-7,17H,8H2,1H3. The van der Waals surface area contributed by atoms with Gasteiger partial charge in [-0.3, -0.25) is 4.79 Å². The molecule has 0 aliphatic rings. The number of pyridine rings is 1. The lowest BCUT2D eigenvalue weighted by Gasteiger charge is -2.07. The van der Waals surface area contributed by atoms with Crippen LogP contribution in [-0.4, -0.2) is 9.94 Å². The van der Waals surface area contributed by atoms with Crippen molar-refractivity contribution >= 4 is 23.4 Å². The van der Waals surface area contributed by atoms with Crippen LogP contribution in [0.25, 0.3) is 0 Å². The molecule has 0 spiro atoms. The minimum atomic E-state index is -0.401. The molecule has 3 nitrogen and oxygen atoms in total. The quantitative estimate of drug-likeness (QED) is 0.693.